The van der Waals surface area contributed by atoms with E-state index in [1.54, 1.807) is 0 Å². The van der Waals surface area contributed by atoms with Gasteiger partial charge in [-0.3, -0.25) is 0 Å². The molecule has 1 aromatic carbocycles. The van der Waals surface area contributed by atoms with Crippen molar-refractivity contribution in [3.63, 3.8) is 0 Å². The number of nitrogens with zero attached hydrogens (tertiary/aromatic N) is 1. The molecule has 0 aliphatic carbocycles. The van der Waals surface area contributed by atoms with Crippen LogP contribution in [-0.2, 0) is 20.0 Å². The second-order valence-electron chi connectivity index (χ2n) is 3.84. The molecular weight excluding hydrogens is 387 g/mol. The molecule has 0 amide bonds. The number of alkyl halides is 4. The first-order valence-corrected chi connectivity index (χ1v) is 7.82. The van der Waals surface area contributed by atoms with Gasteiger partial charge in [0.05, 0.1) is 11.5 Å². The molecule has 0 heterocycles. The summed E-state index contributed by atoms with van der Waals surface area (Å²) in [5.74, 6) is -3.94. The zero-order valence-electron chi connectivity index (χ0n) is 11.2. The zero-order chi connectivity index (χ0) is 18.4. The van der Waals surface area contributed by atoms with E-state index >= 15 is 0 Å². The van der Waals surface area contributed by atoms with Crippen molar-refractivity contribution >= 4 is 25.6 Å². The summed E-state index contributed by atoms with van der Waals surface area (Å²) in [5, 5.41) is -13.1. The molecule has 6 nitrogen and oxygen atoms in total. The zero-order valence-corrected chi connectivity index (χ0v) is 12.9. The largest absolute Gasteiger partial charge is 1.00 e. The molecule has 0 bridgehead atoms. The van der Waals surface area contributed by atoms with Gasteiger partial charge in [-0.2, -0.15) is 17.6 Å². The Bertz CT molecular complexity index is 886. The van der Waals surface area contributed by atoms with Crippen molar-refractivity contribution in [3.05, 3.63) is 35.2 Å². The van der Waals surface area contributed by atoms with Crippen molar-refractivity contribution < 1.29 is 66.6 Å². The van der Waals surface area contributed by atoms with Crippen LogP contribution in [0.15, 0.2) is 17.0 Å². The Labute approximate surface area is 143 Å². The Morgan fingerprint density at radius 1 is 0.958 bits per heavy atom. The van der Waals surface area contributed by atoms with Gasteiger partial charge in [-0.1, -0.05) is 0 Å². The quantitative estimate of drug-likeness (QED) is 0.286. The van der Waals surface area contributed by atoms with E-state index in [0.717, 1.165) is 0 Å². The molecule has 1 rings (SSSR count). The molecule has 0 spiro atoms. The third-order valence-corrected chi connectivity index (χ3v) is 5.20. The predicted molar refractivity (Wildman–Crippen MR) is 59.4 cm³/mol. The Balaban J connectivity index is 0.00000529. The van der Waals surface area contributed by atoms with Gasteiger partial charge < -0.3 is 4.55 Å². The second-order valence-corrected chi connectivity index (χ2v) is 7.25. The Morgan fingerprint density at radius 3 is 1.62 bits per heavy atom. The minimum absolute atomic E-state index is 0. The Kier molecular flexibility index (Phi) is 6.23. The summed E-state index contributed by atoms with van der Waals surface area (Å²) in [6.07, 6.45) is 0. The number of halogens is 6. The molecule has 0 aliphatic heterocycles. The number of hydrogen-bond acceptors (Lipinski definition) is 5. The van der Waals surface area contributed by atoms with Gasteiger partial charge in [0.2, 0.25) is 0 Å². The van der Waals surface area contributed by atoms with E-state index in [-0.39, 0.29) is 31.0 Å². The van der Waals surface area contributed by atoms with Gasteiger partial charge in [0.25, 0.3) is 15.5 Å². The molecule has 128 valence electrons. The molecule has 0 radical (unpaired) electrons. The van der Waals surface area contributed by atoms with E-state index in [1.807, 2.05) is 0 Å². The summed E-state index contributed by atoms with van der Waals surface area (Å²) >= 11 is 0. The van der Waals surface area contributed by atoms with Crippen LogP contribution in [0.1, 0.15) is 0 Å². The maximum Gasteiger partial charge on any atom is 1.00 e. The van der Waals surface area contributed by atoms with Crippen LogP contribution in [-0.4, -0.2) is 31.9 Å². The number of benzene rings is 1. The smallest absolute Gasteiger partial charge is 0.743 e. The van der Waals surface area contributed by atoms with Gasteiger partial charge in [0, 0.05) is 0 Å². The third kappa shape index (κ3) is 3.27. The molecule has 0 fully saturated rings. The predicted octanol–water partition coefficient (Wildman–Crippen LogP) is -0.976. The molecule has 0 atom stereocenters. The summed E-state index contributed by atoms with van der Waals surface area (Å²) in [5.41, 5.74) is -1.41. The van der Waals surface area contributed by atoms with Gasteiger partial charge >= 0.3 is 29.4 Å². The normalized spacial score (nSPS) is 13.1. The Morgan fingerprint density at radius 2 is 1.33 bits per heavy atom. The first kappa shape index (κ1) is 22.7. The van der Waals surface area contributed by atoms with Gasteiger partial charge in [0.1, 0.15) is 11.6 Å². The first-order chi connectivity index (χ1) is 10.1. The van der Waals surface area contributed by atoms with E-state index in [4.69, 9.17) is 6.57 Å². The molecular formula is C9H2F6LiNO5S2. The van der Waals surface area contributed by atoms with Crippen molar-refractivity contribution in [1.82, 2.24) is 0 Å². The van der Waals surface area contributed by atoms with Crippen LogP contribution in [0.4, 0.5) is 32.0 Å². The molecule has 1 aromatic rings. The monoisotopic (exact) mass is 389 g/mol. The van der Waals surface area contributed by atoms with Gasteiger partial charge in [-0.05, 0) is 12.1 Å². The molecule has 24 heavy (non-hydrogen) atoms. The summed E-state index contributed by atoms with van der Waals surface area (Å²) in [6.45, 7) is 6.36. The van der Waals surface area contributed by atoms with E-state index in [2.05, 4.69) is 4.85 Å². The molecule has 0 saturated carbocycles. The number of hydrogen-bond donors (Lipinski definition) is 0. The molecule has 15 heteroatoms. The second kappa shape index (κ2) is 6.57. The summed E-state index contributed by atoms with van der Waals surface area (Å²) in [6, 6.07) is -0.763. The summed E-state index contributed by atoms with van der Waals surface area (Å²) < 4.78 is 133. The molecule has 0 unspecified atom stereocenters. The summed E-state index contributed by atoms with van der Waals surface area (Å²) in [7, 11) is -13.8. The van der Waals surface area contributed by atoms with Gasteiger partial charge in [-0.15, -0.1) is 0 Å². The third-order valence-electron chi connectivity index (χ3n) is 2.40. The average Bonchev–Trinajstić information content (AvgIpc) is 2.36. The standard InChI is InChI=1S/C9H3F6NO5S2.Li/c1-16-7-5(10)2-4(3-6(7)11)22(17,18)8(12,13)9(14,15)23(19,20)21;/h2-3H,(H,19,20,21);/q;+1/p-1. The van der Waals surface area contributed by atoms with Crippen LogP contribution in [0, 0.1) is 18.2 Å². The molecule has 0 N–H and O–H groups in total. The van der Waals surface area contributed by atoms with Crippen LogP contribution in [0.2, 0.25) is 0 Å². The first-order valence-electron chi connectivity index (χ1n) is 4.93. The van der Waals surface area contributed by atoms with Crippen LogP contribution < -0.4 is 18.9 Å². The van der Waals surface area contributed by atoms with Gasteiger partial charge in [-0.25, -0.2) is 30.5 Å². The summed E-state index contributed by atoms with van der Waals surface area (Å²) in [4.78, 5) is 0.191. The minimum Gasteiger partial charge on any atom is -0.743 e. The van der Waals surface area contributed by atoms with Crippen molar-refractivity contribution in [3.8, 4) is 0 Å². The van der Waals surface area contributed by atoms with Crippen LogP contribution in [0.3, 0.4) is 0 Å². The maximum atomic E-state index is 13.4. The van der Waals surface area contributed by atoms with E-state index < -0.39 is 52.7 Å². The average molecular weight is 389 g/mol. The maximum absolute atomic E-state index is 13.4. The van der Waals surface area contributed by atoms with Crippen LogP contribution in [0.5, 0.6) is 0 Å². The van der Waals surface area contributed by atoms with E-state index in [0.29, 0.717) is 0 Å². The van der Waals surface area contributed by atoms with Crippen molar-refractivity contribution in [1.29, 1.82) is 0 Å². The Hall–Kier alpha value is -1.25. The van der Waals surface area contributed by atoms with Crippen molar-refractivity contribution in [2.45, 2.75) is 15.4 Å². The van der Waals surface area contributed by atoms with E-state index in [9.17, 15) is 47.7 Å². The van der Waals surface area contributed by atoms with Crippen LogP contribution >= 0.6 is 0 Å². The number of rotatable bonds is 4. The van der Waals surface area contributed by atoms with Crippen molar-refractivity contribution in [2.24, 2.45) is 0 Å². The molecule has 0 saturated heterocycles. The fraction of sp³-hybridized carbons (Fsp3) is 0.222. The van der Waals surface area contributed by atoms with Gasteiger partial charge in [0.15, 0.2) is 10.1 Å². The number of sulfone groups is 1. The molecule has 0 aliphatic rings. The van der Waals surface area contributed by atoms with E-state index in [1.165, 1.54) is 0 Å². The fourth-order valence-corrected chi connectivity index (χ4v) is 3.31. The molecule has 0 aromatic heterocycles. The van der Waals surface area contributed by atoms with Crippen molar-refractivity contribution in [2.75, 3.05) is 0 Å². The minimum atomic E-state index is -7.13. The fourth-order valence-electron chi connectivity index (χ4n) is 1.25. The SMILES string of the molecule is [C-]#[N+]c1c(F)cc(S(=O)(=O)C(F)(F)C(F)(F)S(=O)(=O)[O-])cc1F.[Li+]. The van der Waals surface area contributed by atoms with Crippen LogP contribution in [0.25, 0.3) is 4.85 Å². The topological polar surface area (TPSA) is 95.7 Å².